The molecule has 13 heteroatoms. The fourth-order valence-corrected chi connectivity index (χ4v) is 8.33. The molecule has 1 saturated carbocycles. The summed E-state index contributed by atoms with van der Waals surface area (Å²) in [4.78, 5) is 32.1. The van der Waals surface area contributed by atoms with Crippen molar-refractivity contribution < 1.29 is 43.7 Å². The highest BCUT2D eigenvalue weighted by Gasteiger charge is 2.65. The van der Waals surface area contributed by atoms with Gasteiger partial charge in [-0.2, -0.15) is 0 Å². The molecule has 2 aliphatic carbocycles. The summed E-state index contributed by atoms with van der Waals surface area (Å²) in [5, 5.41) is 35.6. The Hall–Kier alpha value is -4.98. The molecule has 1 aliphatic heterocycles. The Balaban J connectivity index is 1.70. The van der Waals surface area contributed by atoms with Gasteiger partial charge in [0.05, 0.1) is 29.8 Å². The van der Waals surface area contributed by atoms with Crippen LogP contribution in [0.4, 0.5) is 10.5 Å². The summed E-state index contributed by atoms with van der Waals surface area (Å²) in [6.07, 6.45) is 11.9. The molecule has 0 spiro atoms. The van der Waals surface area contributed by atoms with E-state index in [2.05, 4.69) is 25.8 Å². The molecule has 0 saturated heterocycles. The van der Waals surface area contributed by atoms with E-state index >= 15 is 0 Å². The van der Waals surface area contributed by atoms with Crippen LogP contribution in [0.3, 0.4) is 0 Å². The van der Waals surface area contributed by atoms with E-state index in [0.717, 1.165) is 36.8 Å². The fraction of sp³-hybridized carbons (Fsp3) is 0.488. The lowest BCUT2D eigenvalue weighted by Crippen LogP contribution is -2.69. The number of nitro benzene ring substituents is 1. The molecule has 0 bridgehead atoms. The maximum Gasteiger partial charge on any atom is 0.409 e. The van der Waals surface area contributed by atoms with E-state index < -0.39 is 28.8 Å². The van der Waals surface area contributed by atoms with Crippen molar-refractivity contribution in [3.63, 3.8) is 0 Å². The number of unbranched alkanes of at least 4 members (excludes halogenated alkanes) is 2. The number of aliphatic hydroxyl groups excluding tert-OH is 2. The third-order valence-corrected chi connectivity index (χ3v) is 10.9. The van der Waals surface area contributed by atoms with E-state index in [4.69, 9.17) is 28.9 Å². The number of nitrogens with zero attached hydrogens (tertiary/aromatic N) is 3. The summed E-state index contributed by atoms with van der Waals surface area (Å²) in [5.74, 6) is -0.778. The van der Waals surface area contributed by atoms with Gasteiger partial charge < -0.3 is 38.9 Å². The minimum absolute atomic E-state index is 0.0242. The highest BCUT2D eigenvalue weighted by atomic mass is 16.7. The van der Waals surface area contributed by atoms with Crippen molar-refractivity contribution in [3.05, 3.63) is 113 Å². The van der Waals surface area contributed by atoms with Gasteiger partial charge >= 0.3 is 6.09 Å². The molecule has 2 aromatic carbocycles. The maximum absolute atomic E-state index is 13.8. The number of allylic oxidation sites excluding steroid dienone is 1. The zero-order valence-electron chi connectivity index (χ0n) is 32.3. The largest absolute Gasteiger partial charge is 0.490 e. The Morgan fingerprint density at radius 2 is 1.77 bits per heavy atom. The molecule has 6 unspecified atom stereocenters. The van der Waals surface area contributed by atoms with Crippen molar-refractivity contribution in [1.82, 2.24) is 4.90 Å². The van der Waals surface area contributed by atoms with Crippen LogP contribution >= 0.6 is 0 Å². The second-order valence-corrected chi connectivity index (χ2v) is 14.4. The number of amides is 1. The molecule has 0 radical (unpaired) electrons. The normalized spacial score (nSPS) is 24.1. The summed E-state index contributed by atoms with van der Waals surface area (Å²) in [6.45, 7) is 12.3. The van der Waals surface area contributed by atoms with Gasteiger partial charge in [-0.3, -0.25) is 10.1 Å². The molecule has 2 N–H and O–H groups in total. The van der Waals surface area contributed by atoms with Crippen molar-refractivity contribution in [1.29, 1.82) is 0 Å². The highest BCUT2D eigenvalue weighted by Crippen LogP contribution is 2.61. The SMILES string of the molecule is C=CCCOC(=O)N(C)C1CC(=NOCc2ccc([N+](=O)[O-])cc2)C2=CC(CCCCO)C(CCCCO)C3c4cc(OCC=C)ccc4OC1(OCC=C)C23. The van der Waals surface area contributed by atoms with Crippen LogP contribution in [0.15, 0.2) is 97.2 Å². The Labute approximate surface area is 329 Å². The quantitative estimate of drug-likeness (QED) is 0.0527. The minimum Gasteiger partial charge on any atom is -0.490 e. The van der Waals surface area contributed by atoms with Gasteiger partial charge in [-0.05, 0) is 85.4 Å². The average Bonchev–Trinajstić information content (AvgIpc) is 3.20. The van der Waals surface area contributed by atoms with E-state index in [1.165, 1.54) is 17.0 Å². The van der Waals surface area contributed by atoms with Crippen molar-refractivity contribution in [3.8, 4) is 11.5 Å². The van der Waals surface area contributed by atoms with Crippen LogP contribution in [0.5, 0.6) is 11.5 Å². The van der Waals surface area contributed by atoms with E-state index in [-0.39, 0.29) is 62.9 Å². The number of likely N-dealkylation sites (N-methyl/N-ethyl adjacent to an activating group) is 1. The van der Waals surface area contributed by atoms with Crippen molar-refractivity contribution in [2.75, 3.05) is 40.1 Å². The molecule has 1 heterocycles. The lowest BCUT2D eigenvalue weighted by Gasteiger charge is -2.59. The summed E-state index contributed by atoms with van der Waals surface area (Å²) in [6, 6.07) is 11.1. The Morgan fingerprint density at radius 3 is 2.45 bits per heavy atom. The number of carbonyl (C=O) groups excluding carboxylic acids is 1. The first-order valence-corrected chi connectivity index (χ1v) is 19.4. The van der Waals surface area contributed by atoms with Crippen LogP contribution < -0.4 is 9.47 Å². The third-order valence-electron chi connectivity index (χ3n) is 10.9. The van der Waals surface area contributed by atoms with E-state index in [1.807, 2.05) is 18.2 Å². The molecule has 0 aromatic heterocycles. The first-order chi connectivity index (χ1) is 27.2. The van der Waals surface area contributed by atoms with Crippen LogP contribution in [0.1, 0.15) is 68.4 Å². The third kappa shape index (κ3) is 9.51. The van der Waals surface area contributed by atoms with Gasteiger partial charge in [0.1, 0.15) is 30.8 Å². The molecule has 56 heavy (non-hydrogen) atoms. The lowest BCUT2D eigenvalue weighted by atomic mass is 9.55. The van der Waals surface area contributed by atoms with Crippen molar-refractivity contribution in [2.45, 2.75) is 75.7 Å². The summed E-state index contributed by atoms with van der Waals surface area (Å²) in [7, 11) is 1.67. The summed E-state index contributed by atoms with van der Waals surface area (Å²) >= 11 is 0. The van der Waals surface area contributed by atoms with Gasteiger partial charge in [-0.15, -0.1) is 13.2 Å². The van der Waals surface area contributed by atoms with Gasteiger partial charge in [0.15, 0.2) is 0 Å². The number of rotatable bonds is 22. The molecule has 1 fully saturated rings. The molecule has 1 amide bonds. The predicted octanol–water partition coefficient (Wildman–Crippen LogP) is 7.64. The number of aliphatic hydroxyl groups is 2. The minimum atomic E-state index is -1.42. The molecule has 13 nitrogen and oxygen atoms in total. The predicted molar refractivity (Wildman–Crippen MR) is 212 cm³/mol. The maximum atomic E-state index is 13.8. The second-order valence-electron chi connectivity index (χ2n) is 14.4. The Bertz CT molecular complexity index is 1740. The number of hydrogen-bond acceptors (Lipinski definition) is 11. The molecular weight excluding hydrogens is 718 g/mol. The zero-order chi connectivity index (χ0) is 40.1. The summed E-state index contributed by atoms with van der Waals surface area (Å²) in [5.41, 5.74) is 3.10. The van der Waals surface area contributed by atoms with Crippen LogP contribution in [-0.4, -0.2) is 83.8 Å². The molecule has 5 rings (SSSR count). The fourth-order valence-electron chi connectivity index (χ4n) is 8.33. The van der Waals surface area contributed by atoms with Crippen molar-refractivity contribution in [2.24, 2.45) is 22.9 Å². The van der Waals surface area contributed by atoms with Crippen LogP contribution in [0.2, 0.25) is 0 Å². The second kappa shape index (κ2) is 20.3. The molecule has 2 aromatic rings. The molecule has 302 valence electrons. The first-order valence-electron chi connectivity index (χ1n) is 19.4. The highest BCUT2D eigenvalue weighted by molar-refractivity contribution is 6.02. The van der Waals surface area contributed by atoms with Crippen LogP contribution in [0, 0.1) is 27.9 Å². The number of nitro groups is 1. The smallest absolute Gasteiger partial charge is 0.409 e. The number of non-ortho nitro benzene ring substituents is 1. The van der Waals surface area contributed by atoms with E-state index in [9.17, 15) is 25.1 Å². The number of benzene rings is 2. The molecular formula is C43H55N3O10. The van der Waals surface area contributed by atoms with Crippen LogP contribution in [-0.2, 0) is 20.9 Å². The number of ether oxygens (including phenoxy) is 4. The van der Waals surface area contributed by atoms with Gasteiger partial charge in [0.25, 0.3) is 5.69 Å². The van der Waals surface area contributed by atoms with Gasteiger partial charge in [0.2, 0.25) is 5.79 Å². The van der Waals surface area contributed by atoms with E-state index in [1.54, 1.807) is 37.4 Å². The topological polar surface area (TPSA) is 162 Å². The number of oxime groups is 1. The standard InChI is InChI=1S/C43H55N3O10/c1-5-8-25-53-42(49)45(4)39-28-37(44-55-29-30-15-17-32(18-16-30)46(50)51)35-26-31(13-9-11-21-47)34(14-10-12-22-48)40-36-27-33(52-23-6-2)19-20-38(36)56-43(39,41(35)40)54-24-7-3/h5-7,15-20,26-27,31,34,39-41,47-48H,1-3,8-14,21-25,28-29H2,4H3. The number of hydrogen-bond donors (Lipinski definition) is 2. The molecule has 3 aliphatic rings. The van der Waals surface area contributed by atoms with Gasteiger partial charge in [0, 0.05) is 50.3 Å². The number of fused-ring (bicyclic) bond motifs is 2. The Kier molecular flexibility index (Phi) is 15.3. The van der Waals surface area contributed by atoms with Crippen LogP contribution in [0.25, 0.3) is 0 Å². The first kappa shape index (κ1) is 42.2. The number of carbonyl (C=O) groups is 1. The Morgan fingerprint density at radius 1 is 1.04 bits per heavy atom. The van der Waals surface area contributed by atoms with Crippen molar-refractivity contribution >= 4 is 17.5 Å². The van der Waals surface area contributed by atoms with Gasteiger partial charge in [-0.1, -0.05) is 48.9 Å². The monoisotopic (exact) mass is 773 g/mol. The molecule has 6 atom stereocenters. The lowest BCUT2D eigenvalue weighted by molar-refractivity contribution is -0.384. The average molecular weight is 774 g/mol. The summed E-state index contributed by atoms with van der Waals surface area (Å²) < 4.78 is 25.7. The zero-order valence-corrected chi connectivity index (χ0v) is 32.3. The van der Waals surface area contributed by atoms with Gasteiger partial charge in [-0.25, -0.2) is 4.79 Å². The van der Waals surface area contributed by atoms with E-state index in [0.29, 0.717) is 48.6 Å².